The Morgan fingerprint density at radius 3 is 3.00 bits per heavy atom. The Hall–Kier alpha value is -1.53. The lowest BCUT2D eigenvalue weighted by Crippen LogP contribution is -2.43. The van der Waals surface area contributed by atoms with Crippen molar-refractivity contribution in [1.29, 1.82) is 0 Å². The average molecular weight is 227 g/mol. The molecule has 6 heteroatoms. The topological polar surface area (TPSA) is 88.2 Å². The van der Waals surface area contributed by atoms with Crippen LogP contribution in [-0.2, 0) is 0 Å². The summed E-state index contributed by atoms with van der Waals surface area (Å²) in [6.45, 7) is 1.60. The van der Waals surface area contributed by atoms with Crippen LogP contribution in [0.25, 0.3) is 0 Å². The summed E-state index contributed by atoms with van der Waals surface area (Å²) in [5.74, 6) is -1.26. The number of nitrogens with two attached hydrogens (primary N) is 1. The number of halogens is 1. The third-order valence-electron chi connectivity index (χ3n) is 2.14. The fourth-order valence-electron chi connectivity index (χ4n) is 1.04. The molecule has 4 N–H and O–H groups in total. The van der Waals surface area contributed by atoms with E-state index in [1.807, 2.05) is 0 Å². The van der Waals surface area contributed by atoms with Gasteiger partial charge < -0.3 is 16.2 Å². The summed E-state index contributed by atoms with van der Waals surface area (Å²) in [7, 11) is 0. The number of aliphatic hydroxyl groups is 1. The van der Waals surface area contributed by atoms with E-state index in [2.05, 4.69) is 10.3 Å². The second-order valence-electron chi connectivity index (χ2n) is 3.47. The minimum absolute atomic E-state index is 0.0816. The number of rotatable bonds is 4. The summed E-state index contributed by atoms with van der Waals surface area (Å²) in [5, 5.41) is 11.5. The molecule has 1 aromatic rings. The third kappa shape index (κ3) is 3.25. The molecule has 0 aliphatic rings. The van der Waals surface area contributed by atoms with Crippen LogP contribution in [0, 0.1) is 5.82 Å². The molecule has 5 nitrogen and oxygen atoms in total. The summed E-state index contributed by atoms with van der Waals surface area (Å²) in [4.78, 5) is 15.0. The van der Waals surface area contributed by atoms with Gasteiger partial charge >= 0.3 is 0 Å². The maximum absolute atomic E-state index is 13.1. The lowest BCUT2D eigenvalue weighted by atomic mass is 10.2. The predicted octanol–water partition coefficient (Wildman–Crippen LogP) is -0.341. The zero-order valence-electron chi connectivity index (χ0n) is 8.85. The van der Waals surface area contributed by atoms with Crippen LogP contribution >= 0.6 is 0 Å². The van der Waals surface area contributed by atoms with Crippen molar-refractivity contribution in [2.75, 3.05) is 6.54 Å². The highest BCUT2D eigenvalue weighted by Gasteiger charge is 2.14. The number of hydrogen-bond donors (Lipinski definition) is 3. The van der Waals surface area contributed by atoms with Gasteiger partial charge in [-0.15, -0.1) is 0 Å². The molecule has 2 atom stereocenters. The van der Waals surface area contributed by atoms with Crippen molar-refractivity contribution >= 4 is 5.91 Å². The molecular formula is C10H14FN3O2. The molecule has 88 valence electrons. The van der Waals surface area contributed by atoms with Crippen LogP contribution in [0.5, 0.6) is 0 Å². The summed E-state index contributed by atoms with van der Waals surface area (Å²) in [5.41, 5.74) is 5.42. The number of hydrogen-bond acceptors (Lipinski definition) is 4. The van der Waals surface area contributed by atoms with Crippen LogP contribution in [0.3, 0.4) is 0 Å². The molecule has 0 saturated carbocycles. The molecule has 0 aliphatic carbocycles. The van der Waals surface area contributed by atoms with Crippen molar-refractivity contribution in [2.24, 2.45) is 5.73 Å². The Morgan fingerprint density at radius 2 is 2.44 bits per heavy atom. The van der Waals surface area contributed by atoms with Crippen molar-refractivity contribution in [3.63, 3.8) is 0 Å². The van der Waals surface area contributed by atoms with Gasteiger partial charge in [0, 0.05) is 18.8 Å². The predicted molar refractivity (Wildman–Crippen MR) is 56.2 cm³/mol. The maximum atomic E-state index is 13.1. The van der Waals surface area contributed by atoms with E-state index in [4.69, 9.17) is 10.8 Å². The highest BCUT2D eigenvalue weighted by Crippen LogP contribution is 2.03. The van der Waals surface area contributed by atoms with E-state index in [0.717, 1.165) is 6.20 Å². The first-order chi connectivity index (χ1) is 7.52. The summed E-state index contributed by atoms with van der Waals surface area (Å²) >= 11 is 0. The molecule has 1 amide bonds. The van der Waals surface area contributed by atoms with Gasteiger partial charge in [0.05, 0.1) is 17.9 Å². The number of pyridine rings is 1. The van der Waals surface area contributed by atoms with Gasteiger partial charge in [-0.05, 0) is 13.0 Å². The standard InChI is InChI=1S/C10H14FN3O2/c1-6(15)9(12)5-14-10(16)7-2-3-13-4-8(7)11/h2-4,6,9,15H,5,12H2,1H3,(H,14,16). The van der Waals surface area contributed by atoms with Gasteiger partial charge in [-0.25, -0.2) is 4.39 Å². The lowest BCUT2D eigenvalue weighted by molar-refractivity contribution is 0.0933. The second kappa shape index (κ2) is 5.53. The Labute approximate surface area is 92.5 Å². The Balaban J connectivity index is 2.57. The zero-order valence-corrected chi connectivity index (χ0v) is 8.85. The Morgan fingerprint density at radius 1 is 1.75 bits per heavy atom. The van der Waals surface area contributed by atoms with Gasteiger partial charge in [-0.3, -0.25) is 9.78 Å². The Kier molecular flexibility index (Phi) is 4.33. The molecule has 0 bridgehead atoms. The molecule has 2 unspecified atom stereocenters. The smallest absolute Gasteiger partial charge is 0.254 e. The average Bonchev–Trinajstić information content (AvgIpc) is 2.25. The number of aliphatic hydroxyl groups excluding tert-OH is 1. The summed E-state index contributed by atoms with van der Waals surface area (Å²) in [6.07, 6.45) is 1.55. The van der Waals surface area contributed by atoms with Crippen LogP contribution in [0.1, 0.15) is 17.3 Å². The molecule has 0 fully saturated rings. The molecule has 1 rings (SSSR count). The van der Waals surface area contributed by atoms with E-state index in [0.29, 0.717) is 0 Å². The van der Waals surface area contributed by atoms with Crippen molar-refractivity contribution in [1.82, 2.24) is 10.3 Å². The van der Waals surface area contributed by atoms with Gasteiger partial charge in [0.25, 0.3) is 5.91 Å². The van der Waals surface area contributed by atoms with E-state index in [1.165, 1.54) is 19.2 Å². The molecule has 0 aromatic carbocycles. The number of nitrogens with zero attached hydrogens (tertiary/aromatic N) is 1. The monoisotopic (exact) mass is 227 g/mol. The van der Waals surface area contributed by atoms with Gasteiger partial charge in [-0.1, -0.05) is 0 Å². The lowest BCUT2D eigenvalue weighted by Gasteiger charge is -2.15. The van der Waals surface area contributed by atoms with Gasteiger partial charge in [0.2, 0.25) is 0 Å². The molecule has 0 aliphatic heterocycles. The number of aromatic nitrogens is 1. The first-order valence-electron chi connectivity index (χ1n) is 4.83. The highest BCUT2D eigenvalue weighted by atomic mass is 19.1. The highest BCUT2D eigenvalue weighted by molar-refractivity contribution is 5.94. The summed E-state index contributed by atoms with van der Waals surface area (Å²) < 4.78 is 13.1. The largest absolute Gasteiger partial charge is 0.392 e. The minimum atomic E-state index is -0.734. The van der Waals surface area contributed by atoms with Crippen LogP contribution in [0.2, 0.25) is 0 Å². The quantitative estimate of drug-likeness (QED) is 0.656. The fourth-order valence-corrected chi connectivity index (χ4v) is 1.04. The van der Waals surface area contributed by atoms with Crippen molar-refractivity contribution in [2.45, 2.75) is 19.1 Å². The Bertz CT molecular complexity index is 371. The van der Waals surface area contributed by atoms with E-state index in [1.54, 1.807) is 0 Å². The van der Waals surface area contributed by atoms with Gasteiger partial charge in [-0.2, -0.15) is 0 Å². The molecule has 16 heavy (non-hydrogen) atoms. The van der Waals surface area contributed by atoms with E-state index < -0.39 is 23.9 Å². The molecular weight excluding hydrogens is 213 g/mol. The van der Waals surface area contributed by atoms with Crippen molar-refractivity contribution in [3.8, 4) is 0 Å². The third-order valence-corrected chi connectivity index (χ3v) is 2.14. The van der Waals surface area contributed by atoms with Crippen molar-refractivity contribution in [3.05, 3.63) is 29.8 Å². The van der Waals surface area contributed by atoms with Gasteiger partial charge in [0.1, 0.15) is 0 Å². The van der Waals surface area contributed by atoms with Crippen LogP contribution in [0.15, 0.2) is 18.5 Å². The normalized spacial score (nSPS) is 14.2. The molecule has 0 saturated heterocycles. The number of carbonyl (C=O) groups excluding carboxylic acids is 1. The zero-order chi connectivity index (χ0) is 12.1. The minimum Gasteiger partial charge on any atom is -0.392 e. The number of carbonyl (C=O) groups is 1. The number of amides is 1. The molecule has 0 radical (unpaired) electrons. The first-order valence-corrected chi connectivity index (χ1v) is 4.83. The van der Waals surface area contributed by atoms with Crippen LogP contribution in [-0.4, -0.2) is 34.7 Å². The van der Waals surface area contributed by atoms with Gasteiger partial charge in [0.15, 0.2) is 5.82 Å². The summed E-state index contributed by atoms with van der Waals surface area (Å²) in [6, 6.07) is 0.701. The maximum Gasteiger partial charge on any atom is 0.254 e. The number of nitrogens with one attached hydrogen (secondary N) is 1. The van der Waals surface area contributed by atoms with E-state index in [-0.39, 0.29) is 12.1 Å². The fraction of sp³-hybridized carbons (Fsp3) is 0.400. The van der Waals surface area contributed by atoms with Crippen molar-refractivity contribution < 1.29 is 14.3 Å². The SMILES string of the molecule is CC(O)C(N)CNC(=O)c1ccncc1F. The van der Waals surface area contributed by atoms with E-state index in [9.17, 15) is 9.18 Å². The molecule has 1 heterocycles. The molecule has 1 aromatic heterocycles. The van der Waals surface area contributed by atoms with Crippen LogP contribution in [0.4, 0.5) is 4.39 Å². The second-order valence-corrected chi connectivity index (χ2v) is 3.47. The van der Waals surface area contributed by atoms with Crippen LogP contribution < -0.4 is 11.1 Å². The first kappa shape index (κ1) is 12.5. The van der Waals surface area contributed by atoms with E-state index >= 15 is 0 Å². The molecule has 0 spiro atoms.